The normalized spacial score (nSPS) is 14.3. The first-order valence-corrected chi connectivity index (χ1v) is 12.3. The summed E-state index contributed by atoms with van der Waals surface area (Å²) < 4.78 is 7.24. The topological polar surface area (TPSA) is 89.3 Å². The number of amides is 1. The molecule has 1 aliphatic heterocycles. The Balaban J connectivity index is 1.30. The van der Waals surface area contributed by atoms with Gasteiger partial charge in [-0.15, -0.1) is 5.10 Å². The van der Waals surface area contributed by atoms with E-state index in [0.29, 0.717) is 43.9 Å². The fourth-order valence-electron chi connectivity index (χ4n) is 4.41. The molecule has 1 aliphatic rings. The van der Waals surface area contributed by atoms with Crippen molar-refractivity contribution < 1.29 is 9.53 Å². The van der Waals surface area contributed by atoms with Crippen molar-refractivity contribution in [1.82, 2.24) is 29.9 Å². The van der Waals surface area contributed by atoms with Crippen molar-refractivity contribution >= 4 is 22.9 Å². The highest BCUT2D eigenvalue weighted by Crippen LogP contribution is 2.26. The summed E-state index contributed by atoms with van der Waals surface area (Å²) in [6.45, 7) is 11.6. The molecule has 0 atom stereocenters. The van der Waals surface area contributed by atoms with Crippen molar-refractivity contribution in [2.75, 3.05) is 37.7 Å². The Morgan fingerprint density at radius 3 is 2.28 bits per heavy atom. The minimum atomic E-state index is 0.0596. The molecule has 0 aliphatic carbocycles. The number of hydrogen-bond acceptors (Lipinski definition) is 7. The molecular weight excluding hydrogens is 454 g/mol. The Kier molecular flexibility index (Phi) is 6.30. The molecule has 1 amide bonds. The van der Waals surface area contributed by atoms with Gasteiger partial charge in [-0.25, -0.2) is 9.97 Å². The van der Waals surface area contributed by atoms with Crippen LogP contribution in [0.5, 0.6) is 5.75 Å². The smallest absolute Gasteiger partial charge is 0.253 e. The third kappa shape index (κ3) is 4.60. The highest BCUT2D eigenvalue weighted by Gasteiger charge is 2.26. The molecule has 9 heteroatoms. The quantitative estimate of drug-likeness (QED) is 0.424. The Bertz CT molecular complexity index is 1350. The van der Waals surface area contributed by atoms with E-state index in [4.69, 9.17) is 4.74 Å². The third-order valence-electron chi connectivity index (χ3n) is 6.48. The van der Waals surface area contributed by atoms with Gasteiger partial charge in [-0.1, -0.05) is 38.1 Å². The van der Waals surface area contributed by atoms with Crippen molar-refractivity contribution in [2.45, 2.75) is 33.1 Å². The van der Waals surface area contributed by atoms with E-state index in [1.165, 1.54) is 5.56 Å². The molecular formula is C27H31N7O2. The minimum Gasteiger partial charge on any atom is -0.494 e. The lowest BCUT2D eigenvalue weighted by molar-refractivity contribution is 0.0746. The van der Waals surface area contributed by atoms with Crippen LogP contribution in [0.1, 0.15) is 43.6 Å². The zero-order chi connectivity index (χ0) is 25.3. The van der Waals surface area contributed by atoms with Crippen molar-refractivity contribution in [2.24, 2.45) is 0 Å². The van der Waals surface area contributed by atoms with Gasteiger partial charge in [0.1, 0.15) is 12.1 Å². The molecule has 0 N–H and O–H groups in total. The largest absolute Gasteiger partial charge is 0.494 e. The molecule has 0 spiro atoms. The summed E-state index contributed by atoms with van der Waals surface area (Å²) in [7, 11) is 0. The molecule has 0 radical (unpaired) electrons. The number of piperazine rings is 1. The van der Waals surface area contributed by atoms with E-state index in [-0.39, 0.29) is 11.3 Å². The highest BCUT2D eigenvalue weighted by molar-refractivity contribution is 5.94. The summed E-state index contributed by atoms with van der Waals surface area (Å²) >= 11 is 0. The lowest BCUT2D eigenvalue weighted by Gasteiger charge is -2.35. The van der Waals surface area contributed by atoms with Gasteiger partial charge in [-0.3, -0.25) is 4.79 Å². The Morgan fingerprint density at radius 2 is 1.64 bits per heavy atom. The van der Waals surface area contributed by atoms with Crippen molar-refractivity contribution in [3.8, 4) is 11.4 Å². The van der Waals surface area contributed by atoms with Crippen LogP contribution >= 0.6 is 0 Å². The lowest BCUT2D eigenvalue weighted by Crippen LogP contribution is -2.49. The van der Waals surface area contributed by atoms with Gasteiger partial charge in [-0.2, -0.15) is 4.68 Å². The molecule has 2 aromatic carbocycles. The number of rotatable bonds is 5. The van der Waals surface area contributed by atoms with Crippen LogP contribution in [0.15, 0.2) is 54.9 Å². The van der Waals surface area contributed by atoms with E-state index in [2.05, 4.69) is 58.1 Å². The predicted molar refractivity (Wildman–Crippen MR) is 139 cm³/mol. The van der Waals surface area contributed by atoms with E-state index >= 15 is 0 Å². The van der Waals surface area contributed by atoms with Crippen LogP contribution in [-0.2, 0) is 5.41 Å². The summed E-state index contributed by atoms with van der Waals surface area (Å²) in [4.78, 5) is 26.1. The molecule has 0 bridgehead atoms. The van der Waals surface area contributed by atoms with Gasteiger partial charge in [-0.05, 0) is 54.3 Å². The van der Waals surface area contributed by atoms with Gasteiger partial charge in [0, 0.05) is 31.7 Å². The molecule has 3 heterocycles. The zero-order valence-electron chi connectivity index (χ0n) is 21.2. The third-order valence-corrected chi connectivity index (χ3v) is 6.48. The van der Waals surface area contributed by atoms with Crippen LogP contribution in [0.2, 0.25) is 0 Å². The summed E-state index contributed by atoms with van der Waals surface area (Å²) in [5.74, 6) is 1.60. The molecule has 1 saturated heterocycles. The van der Waals surface area contributed by atoms with Gasteiger partial charge in [0.25, 0.3) is 5.91 Å². The fourth-order valence-corrected chi connectivity index (χ4v) is 4.41. The Hall–Kier alpha value is -4.01. The fraction of sp³-hybridized carbons (Fsp3) is 0.370. The van der Waals surface area contributed by atoms with E-state index in [9.17, 15) is 4.79 Å². The summed E-state index contributed by atoms with van der Waals surface area (Å²) in [5.41, 5.74) is 4.13. The summed E-state index contributed by atoms with van der Waals surface area (Å²) in [5, 5.41) is 8.73. The van der Waals surface area contributed by atoms with Crippen LogP contribution < -0.4 is 9.64 Å². The Morgan fingerprint density at radius 1 is 0.944 bits per heavy atom. The molecule has 5 rings (SSSR count). The number of benzene rings is 2. The van der Waals surface area contributed by atoms with Gasteiger partial charge in [0.05, 0.1) is 12.3 Å². The molecule has 4 aromatic rings. The second kappa shape index (κ2) is 9.56. The van der Waals surface area contributed by atoms with Crippen molar-refractivity contribution in [3.05, 3.63) is 66.0 Å². The zero-order valence-corrected chi connectivity index (χ0v) is 21.2. The molecule has 2 aromatic heterocycles. The highest BCUT2D eigenvalue weighted by atomic mass is 16.5. The van der Waals surface area contributed by atoms with Crippen LogP contribution in [0.25, 0.3) is 16.9 Å². The molecule has 186 valence electrons. The first-order chi connectivity index (χ1) is 17.3. The van der Waals surface area contributed by atoms with Gasteiger partial charge < -0.3 is 14.5 Å². The van der Waals surface area contributed by atoms with E-state index in [1.807, 2.05) is 48.2 Å². The molecule has 0 saturated carbocycles. The molecule has 0 unspecified atom stereocenters. The average molecular weight is 486 g/mol. The monoisotopic (exact) mass is 485 g/mol. The number of fused-ring (bicyclic) bond motifs is 1. The van der Waals surface area contributed by atoms with Gasteiger partial charge in [0.15, 0.2) is 17.0 Å². The first kappa shape index (κ1) is 23.7. The summed E-state index contributed by atoms with van der Waals surface area (Å²) in [6, 6.07) is 15.6. The maximum Gasteiger partial charge on any atom is 0.253 e. The van der Waals surface area contributed by atoms with E-state index in [0.717, 1.165) is 22.8 Å². The molecule has 1 fully saturated rings. The number of carbonyl (C=O) groups is 1. The van der Waals surface area contributed by atoms with Crippen LogP contribution in [0, 0.1) is 0 Å². The molecule has 36 heavy (non-hydrogen) atoms. The second-order valence-electron chi connectivity index (χ2n) is 9.90. The maximum absolute atomic E-state index is 13.1. The number of aromatic nitrogens is 5. The number of nitrogens with zero attached hydrogens (tertiary/aromatic N) is 7. The maximum atomic E-state index is 13.1. The Labute approximate surface area is 210 Å². The number of hydrogen-bond donors (Lipinski definition) is 0. The first-order valence-electron chi connectivity index (χ1n) is 12.3. The van der Waals surface area contributed by atoms with E-state index in [1.54, 1.807) is 11.0 Å². The van der Waals surface area contributed by atoms with Gasteiger partial charge in [0.2, 0.25) is 0 Å². The van der Waals surface area contributed by atoms with Gasteiger partial charge >= 0.3 is 0 Å². The molecule has 9 nitrogen and oxygen atoms in total. The van der Waals surface area contributed by atoms with E-state index < -0.39 is 0 Å². The number of anilines is 1. The minimum absolute atomic E-state index is 0.0596. The SMILES string of the molecule is CCOc1ccc(-n2nnc3c(N4CCN(C(=O)c5ccc(C(C)(C)C)cc5)CC4)ncnc32)cc1. The van der Waals surface area contributed by atoms with Crippen LogP contribution in [0.4, 0.5) is 5.82 Å². The second-order valence-corrected chi connectivity index (χ2v) is 9.90. The van der Waals surface area contributed by atoms with Crippen molar-refractivity contribution in [1.29, 1.82) is 0 Å². The average Bonchev–Trinajstić information content (AvgIpc) is 3.33. The van der Waals surface area contributed by atoms with Crippen LogP contribution in [-0.4, -0.2) is 68.6 Å². The number of ether oxygens (including phenoxy) is 1. The lowest BCUT2D eigenvalue weighted by atomic mass is 9.86. The summed E-state index contributed by atoms with van der Waals surface area (Å²) in [6.07, 6.45) is 1.54. The standard InChI is InChI=1S/C27H31N7O2/c1-5-36-22-12-10-21(11-13-22)34-25-23(30-31-34)24(28-18-29-25)32-14-16-33(17-15-32)26(35)19-6-8-20(9-7-19)27(2,3)4/h6-13,18H,5,14-17H2,1-4H3. The predicted octanol–water partition coefficient (Wildman–Crippen LogP) is 3.87. The van der Waals surface area contributed by atoms with Crippen molar-refractivity contribution in [3.63, 3.8) is 0 Å². The number of carbonyl (C=O) groups excluding carboxylic acids is 1. The van der Waals surface area contributed by atoms with Crippen LogP contribution in [0.3, 0.4) is 0 Å².